The Hall–Kier alpha value is -2.16. The summed E-state index contributed by atoms with van der Waals surface area (Å²) in [4.78, 5) is 28.9. The lowest BCUT2D eigenvalue weighted by Gasteiger charge is -2.34. The highest BCUT2D eigenvalue weighted by atomic mass is 35.5. The lowest BCUT2D eigenvalue weighted by molar-refractivity contribution is -0.130. The van der Waals surface area contributed by atoms with Crippen molar-refractivity contribution in [2.24, 2.45) is 0 Å². The van der Waals surface area contributed by atoms with Crippen LogP contribution in [0.5, 0.6) is 0 Å². The van der Waals surface area contributed by atoms with Crippen LogP contribution < -0.4 is 5.32 Å². The van der Waals surface area contributed by atoms with Crippen molar-refractivity contribution in [1.29, 1.82) is 0 Å². The molecule has 0 aromatic heterocycles. The minimum absolute atomic E-state index is 0.0145. The topological polar surface area (TPSA) is 52.7 Å². The number of anilines is 1. The van der Waals surface area contributed by atoms with E-state index in [1.165, 1.54) is 42.1 Å². The highest BCUT2D eigenvalue weighted by Crippen LogP contribution is 2.24. The summed E-state index contributed by atoms with van der Waals surface area (Å²) >= 11 is 7.06. The van der Waals surface area contributed by atoms with Crippen molar-refractivity contribution in [1.82, 2.24) is 9.80 Å². The Kier molecular flexibility index (Phi) is 7.46. The Bertz CT molecular complexity index is 892. The van der Waals surface area contributed by atoms with Gasteiger partial charge in [0.25, 0.3) is 0 Å². The molecule has 0 aliphatic carbocycles. The molecule has 2 amide bonds. The Labute approximate surface area is 177 Å². The summed E-state index contributed by atoms with van der Waals surface area (Å²) in [6.45, 7) is 2.39. The Morgan fingerprint density at radius 2 is 1.83 bits per heavy atom. The number of piperazine rings is 1. The summed E-state index contributed by atoms with van der Waals surface area (Å²) < 4.78 is 26.4. The van der Waals surface area contributed by atoms with Gasteiger partial charge in [-0.05, 0) is 36.4 Å². The van der Waals surface area contributed by atoms with Crippen molar-refractivity contribution < 1.29 is 18.4 Å². The molecule has 1 aliphatic rings. The van der Waals surface area contributed by atoms with Crippen LogP contribution >= 0.6 is 23.4 Å². The molecule has 1 heterocycles. The van der Waals surface area contributed by atoms with Crippen LogP contribution in [0.25, 0.3) is 0 Å². The van der Waals surface area contributed by atoms with Gasteiger partial charge >= 0.3 is 0 Å². The van der Waals surface area contributed by atoms with Gasteiger partial charge in [-0.25, -0.2) is 8.78 Å². The molecule has 0 atom stereocenters. The molecule has 0 unspecified atom stereocenters. The number of carbonyl (C=O) groups is 2. The first kappa shape index (κ1) is 21.5. The summed E-state index contributed by atoms with van der Waals surface area (Å²) in [5.74, 6) is -0.892. The molecule has 2 aromatic carbocycles. The number of thioether (sulfide) groups is 1. The van der Waals surface area contributed by atoms with E-state index < -0.39 is 11.6 Å². The third kappa shape index (κ3) is 6.42. The van der Waals surface area contributed by atoms with Crippen LogP contribution in [0.1, 0.15) is 0 Å². The Morgan fingerprint density at radius 1 is 1.07 bits per heavy atom. The van der Waals surface area contributed by atoms with Gasteiger partial charge in [-0.15, -0.1) is 11.8 Å². The van der Waals surface area contributed by atoms with E-state index in [4.69, 9.17) is 11.6 Å². The largest absolute Gasteiger partial charge is 0.339 e. The van der Waals surface area contributed by atoms with Crippen LogP contribution in [0.15, 0.2) is 47.4 Å². The molecule has 1 aliphatic heterocycles. The third-order valence-electron chi connectivity index (χ3n) is 4.45. The zero-order valence-electron chi connectivity index (χ0n) is 15.5. The van der Waals surface area contributed by atoms with Gasteiger partial charge in [-0.2, -0.15) is 0 Å². The highest BCUT2D eigenvalue weighted by molar-refractivity contribution is 8.00. The minimum Gasteiger partial charge on any atom is -0.339 e. The fourth-order valence-electron chi connectivity index (χ4n) is 2.93. The van der Waals surface area contributed by atoms with Crippen molar-refractivity contribution in [3.8, 4) is 0 Å². The fourth-order valence-corrected chi connectivity index (χ4v) is 4.01. The average Bonchev–Trinajstić information content (AvgIpc) is 2.69. The van der Waals surface area contributed by atoms with Crippen LogP contribution in [0, 0.1) is 11.6 Å². The summed E-state index contributed by atoms with van der Waals surface area (Å²) in [5.41, 5.74) is 0.418. The zero-order valence-corrected chi connectivity index (χ0v) is 17.1. The van der Waals surface area contributed by atoms with E-state index in [0.717, 1.165) is 4.90 Å². The van der Waals surface area contributed by atoms with E-state index in [0.29, 0.717) is 31.9 Å². The van der Waals surface area contributed by atoms with E-state index in [2.05, 4.69) is 5.32 Å². The normalized spacial score (nSPS) is 14.7. The number of benzene rings is 2. The van der Waals surface area contributed by atoms with Crippen LogP contribution in [0.3, 0.4) is 0 Å². The number of rotatable bonds is 6. The van der Waals surface area contributed by atoms with Gasteiger partial charge in [0.1, 0.15) is 11.6 Å². The molecule has 0 saturated carbocycles. The maximum Gasteiger partial charge on any atom is 0.238 e. The van der Waals surface area contributed by atoms with Crippen molar-refractivity contribution in [3.05, 3.63) is 59.1 Å². The quantitative estimate of drug-likeness (QED) is 0.700. The molecule has 0 spiro atoms. The van der Waals surface area contributed by atoms with Gasteiger partial charge in [0.05, 0.1) is 17.3 Å². The molecule has 2 aromatic rings. The lowest BCUT2D eigenvalue weighted by Crippen LogP contribution is -2.50. The van der Waals surface area contributed by atoms with E-state index in [1.807, 2.05) is 4.90 Å². The molecular weight excluding hydrogens is 420 g/mol. The Balaban J connectivity index is 1.40. The molecule has 1 saturated heterocycles. The smallest absolute Gasteiger partial charge is 0.238 e. The molecule has 9 heteroatoms. The summed E-state index contributed by atoms with van der Waals surface area (Å²) in [7, 11) is 0. The van der Waals surface area contributed by atoms with E-state index >= 15 is 0 Å². The molecule has 1 N–H and O–H groups in total. The molecule has 154 valence electrons. The molecular formula is C20H20ClF2N3O2S. The number of amides is 2. The van der Waals surface area contributed by atoms with Crippen molar-refractivity contribution in [3.63, 3.8) is 0 Å². The van der Waals surface area contributed by atoms with Crippen molar-refractivity contribution in [2.75, 3.05) is 43.8 Å². The molecule has 29 heavy (non-hydrogen) atoms. The second-order valence-corrected chi connectivity index (χ2v) is 8.04. The van der Waals surface area contributed by atoms with E-state index in [1.54, 1.807) is 17.0 Å². The van der Waals surface area contributed by atoms with Gasteiger partial charge in [-0.3, -0.25) is 14.5 Å². The molecule has 0 radical (unpaired) electrons. The predicted molar refractivity (Wildman–Crippen MR) is 110 cm³/mol. The predicted octanol–water partition coefficient (Wildman–Crippen LogP) is 3.49. The van der Waals surface area contributed by atoms with Gasteiger partial charge in [-0.1, -0.05) is 17.7 Å². The van der Waals surface area contributed by atoms with E-state index in [-0.39, 0.29) is 29.1 Å². The Morgan fingerprint density at radius 3 is 2.52 bits per heavy atom. The first-order valence-corrected chi connectivity index (χ1v) is 10.4. The van der Waals surface area contributed by atoms with Gasteiger partial charge in [0.15, 0.2) is 0 Å². The third-order valence-corrected chi connectivity index (χ3v) is 5.72. The van der Waals surface area contributed by atoms with Crippen LogP contribution in [-0.2, 0) is 9.59 Å². The fraction of sp³-hybridized carbons (Fsp3) is 0.300. The van der Waals surface area contributed by atoms with Crippen molar-refractivity contribution in [2.45, 2.75) is 4.90 Å². The minimum atomic E-state index is -0.486. The van der Waals surface area contributed by atoms with Gasteiger partial charge < -0.3 is 10.2 Å². The highest BCUT2D eigenvalue weighted by Gasteiger charge is 2.22. The van der Waals surface area contributed by atoms with Gasteiger partial charge in [0, 0.05) is 36.8 Å². The number of carbonyl (C=O) groups excluding carboxylic acids is 2. The van der Waals surface area contributed by atoms with Crippen LogP contribution in [0.4, 0.5) is 14.5 Å². The number of nitrogens with one attached hydrogen (secondary N) is 1. The summed E-state index contributed by atoms with van der Waals surface area (Å²) in [5, 5.41) is 2.70. The second kappa shape index (κ2) is 10.0. The monoisotopic (exact) mass is 439 g/mol. The number of halogens is 3. The maximum atomic E-state index is 13.2. The number of hydrogen-bond acceptors (Lipinski definition) is 4. The molecule has 0 bridgehead atoms. The second-order valence-electron chi connectivity index (χ2n) is 6.58. The van der Waals surface area contributed by atoms with Crippen LogP contribution in [-0.4, -0.2) is 60.1 Å². The standard InChI is InChI=1S/C20H20ClF2N3O2S/c21-17-11-16(4-5-18(17)23)29-13-20(28)26-8-6-25(7-9-26)12-19(27)24-15-3-1-2-14(22)10-15/h1-5,10-11H,6-9,12-13H2,(H,24,27). The van der Waals surface area contributed by atoms with E-state index in [9.17, 15) is 18.4 Å². The summed E-state index contributed by atoms with van der Waals surface area (Å²) in [6.07, 6.45) is 0. The van der Waals surface area contributed by atoms with Crippen molar-refractivity contribution >= 4 is 40.9 Å². The zero-order chi connectivity index (χ0) is 20.8. The number of nitrogens with zero attached hydrogens (tertiary/aromatic N) is 2. The molecule has 3 rings (SSSR count). The van der Waals surface area contributed by atoms with Gasteiger partial charge in [0.2, 0.25) is 11.8 Å². The maximum absolute atomic E-state index is 13.2. The summed E-state index contributed by atoms with van der Waals surface area (Å²) in [6, 6.07) is 10.1. The number of hydrogen-bond donors (Lipinski definition) is 1. The SMILES string of the molecule is O=C(CN1CCN(C(=O)CSc2ccc(F)c(Cl)c2)CC1)Nc1cccc(F)c1. The average molecular weight is 440 g/mol. The first-order valence-electron chi connectivity index (χ1n) is 9.04. The molecule has 1 fully saturated rings. The van der Waals surface area contributed by atoms with Crippen LogP contribution in [0.2, 0.25) is 5.02 Å². The molecule has 5 nitrogen and oxygen atoms in total. The lowest BCUT2D eigenvalue weighted by atomic mass is 10.3. The first-order chi connectivity index (χ1) is 13.9.